The maximum atomic E-state index is 12.1. The summed E-state index contributed by atoms with van der Waals surface area (Å²) in [5, 5.41) is -0.0104. The van der Waals surface area contributed by atoms with Gasteiger partial charge in [-0.05, 0) is 45.7 Å². The zero-order chi connectivity index (χ0) is 14.0. The van der Waals surface area contributed by atoms with Gasteiger partial charge < -0.3 is 0 Å². The number of hydrogen-bond acceptors (Lipinski definition) is 4. The van der Waals surface area contributed by atoms with E-state index < -0.39 is 10.0 Å². The predicted octanol–water partition coefficient (Wildman–Crippen LogP) is 3.46. The van der Waals surface area contributed by atoms with Crippen LogP contribution in [0.4, 0.5) is 5.69 Å². The van der Waals surface area contributed by atoms with Crippen LogP contribution in [0.3, 0.4) is 0 Å². The number of sulfonamides is 1. The summed E-state index contributed by atoms with van der Waals surface area (Å²) in [6, 6.07) is 5.08. The molecule has 0 fully saturated rings. The Morgan fingerprint density at radius 1 is 1.16 bits per heavy atom. The lowest BCUT2D eigenvalue weighted by Crippen LogP contribution is -2.14. The van der Waals surface area contributed by atoms with E-state index in [-0.39, 0.29) is 10.2 Å². The van der Waals surface area contributed by atoms with Crippen molar-refractivity contribution in [1.82, 2.24) is 9.97 Å². The van der Waals surface area contributed by atoms with E-state index >= 15 is 0 Å². The summed E-state index contributed by atoms with van der Waals surface area (Å²) >= 11 is 12.1. The van der Waals surface area contributed by atoms with Gasteiger partial charge in [-0.15, -0.1) is 0 Å². The topological polar surface area (TPSA) is 72.0 Å². The van der Waals surface area contributed by atoms with Crippen LogP contribution in [0.1, 0.15) is 0 Å². The molecule has 0 saturated carbocycles. The molecule has 1 heterocycles. The molecular formula is C10H6Br2ClN3O2S. The van der Waals surface area contributed by atoms with E-state index in [9.17, 15) is 8.42 Å². The summed E-state index contributed by atoms with van der Waals surface area (Å²) in [6.07, 6.45) is 2.29. The molecule has 0 amide bonds. The molecule has 2 rings (SSSR count). The highest BCUT2D eigenvalue weighted by Gasteiger charge is 2.16. The van der Waals surface area contributed by atoms with Crippen molar-refractivity contribution < 1.29 is 8.42 Å². The third kappa shape index (κ3) is 3.65. The maximum Gasteiger partial charge on any atom is 0.265 e. The molecule has 0 aliphatic rings. The predicted molar refractivity (Wildman–Crippen MR) is 79.7 cm³/mol. The molecule has 2 aromatic rings. The van der Waals surface area contributed by atoms with E-state index in [1.807, 2.05) is 0 Å². The minimum Gasteiger partial charge on any atom is -0.278 e. The van der Waals surface area contributed by atoms with Crippen molar-refractivity contribution in [3.63, 3.8) is 0 Å². The summed E-state index contributed by atoms with van der Waals surface area (Å²) in [5.41, 5.74) is 0.415. The van der Waals surface area contributed by atoms with Crippen molar-refractivity contribution >= 4 is 59.2 Å². The first-order chi connectivity index (χ1) is 8.88. The van der Waals surface area contributed by atoms with Crippen LogP contribution in [-0.4, -0.2) is 18.4 Å². The fourth-order valence-electron chi connectivity index (χ4n) is 1.22. The van der Waals surface area contributed by atoms with Crippen molar-refractivity contribution in [3.05, 3.63) is 44.8 Å². The van der Waals surface area contributed by atoms with Gasteiger partial charge in [0.15, 0.2) is 0 Å². The minimum absolute atomic E-state index is 0.0104. The number of nitrogens with zero attached hydrogens (tertiary/aromatic N) is 2. The van der Waals surface area contributed by atoms with Crippen molar-refractivity contribution in [2.24, 2.45) is 0 Å². The fourth-order valence-corrected chi connectivity index (χ4v) is 3.56. The second-order valence-electron chi connectivity index (χ2n) is 3.42. The smallest absolute Gasteiger partial charge is 0.265 e. The van der Waals surface area contributed by atoms with Crippen LogP contribution < -0.4 is 4.72 Å². The molecular weight excluding hydrogens is 421 g/mol. The molecule has 0 saturated heterocycles. The first-order valence-corrected chi connectivity index (χ1v) is 8.28. The van der Waals surface area contributed by atoms with Gasteiger partial charge in [0, 0.05) is 8.95 Å². The van der Waals surface area contributed by atoms with Crippen molar-refractivity contribution in [3.8, 4) is 0 Å². The first-order valence-electron chi connectivity index (χ1n) is 4.84. The van der Waals surface area contributed by atoms with Gasteiger partial charge in [-0.25, -0.2) is 18.4 Å². The second kappa shape index (κ2) is 5.74. The van der Waals surface area contributed by atoms with Crippen LogP contribution >= 0.6 is 43.5 Å². The van der Waals surface area contributed by atoms with Crippen molar-refractivity contribution in [2.75, 3.05) is 4.72 Å². The highest BCUT2D eigenvalue weighted by molar-refractivity contribution is 9.11. The molecule has 0 bridgehead atoms. The lowest BCUT2D eigenvalue weighted by atomic mass is 10.3. The number of halogens is 3. The van der Waals surface area contributed by atoms with Crippen LogP contribution in [0.5, 0.6) is 0 Å². The molecule has 0 aliphatic carbocycles. The van der Waals surface area contributed by atoms with Crippen LogP contribution in [0.2, 0.25) is 5.28 Å². The number of nitrogens with one attached hydrogen (secondary N) is 1. The number of anilines is 1. The number of aromatic nitrogens is 2. The molecule has 1 aromatic carbocycles. The van der Waals surface area contributed by atoms with Gasteiger partial charge in [0.1, 0.15) is 4.90 Å². The van der Waals surface area contributed by atoms with E-state index in [0.717, 1.165) is 16.9 Å². The lowest BCUT2D eigenvalue weighted by molar-refractivity contribution is 0.600. The van der Waals surface area contributed by atoms with Gasteiger partial charge >= 0.3 is 0 Å². The lowest BCUT2D eigenvalue weighted by Gasteiger charge is -2.09. The summed E-state index contributed by atoms with van der Waals surface area (Å²) in [4.78, 5) is 7.22. The molecule has 1 aromatic heterocycles. The number of benzene rings is 1. The van der Waals surface area contributed by atoms with E-state index in [1.54, 1.807) is 18.2 Å². The highest BCUT2D eigenvalue weighted by atomic mass is 79.9. The third-order valence-corrected chi connectivity index (χ3v) is 4.75. The van der Waals surface area contributed by atoms with Crippen LogP contribution in [0.25, 0.3) is 0 Å². The van der Waals surface area contributed by atoms with E-state index in [0.29, 0.717) is 10.2 Å². The summed E-state index contributed by atoms with van der Waals surface area (Å²) in [6.45, 7) is 0. The Balaban J connectivity index is 2.33. The minimum atomic E-state index is -3.74. The van der Waals surface area contributed by atoms with Crippen LogP contribution in [0, 0.1) is 0 Å². The second-order valence-corrected chi connectivity index (χ2v) is 7.21. The fraction of sp³-hybridized carbons (Fsp3) is 0. The zero-order valence-electron chi connectivity index (χ0n) is 9.14. The molecule has 19 heavy (non-hydrogen) atoms. The van der Waals surface area contributed by atoms with Gasteiger partial charge in [-0.3, -0.25) is 4.72 Å². The standard InChI is InChI=1S/C10H6Br2ClN3O2S/c11-6-1-2-9(8(12)3-6)16-19(17,18)7-4-14-10(13)15-5-7/h1-5,16H. The Kier molecular flexibility index (Phi) is 4.44. The molecule has 0 spiro atoms. The average molecular weight is 428 g/mol. The monoisotopic (exact) mass is 425 g/mol. The van der Waals surface area contributed by atoms with Gasteiger partial charge in [-0.2, -0.15) is 0 Å². The van der Waals surface area contributed by atoms with Gasteiger partial charge in [0.05, 0.1) is 18.1 Å². The average Bonchev–Trinajstić information content (AvgIpc) is 2.33. The van der Waals surface area contributed by atoms with Crippen LogP contribution in [0.15, 0.2) is 44.4 Å². The Bertz CT molecular complexity index is 707. The highest BCUT2D eigenvalue weighted by Crippen LogP contribution is 2.28. The summed E-state index contributed by atoms with van der Waals surface area (Å²) < 4.78 is 28.0. The van der Waals surface area contributed by atoms with E-state index in [2.05, 4.69) is 46.5 Å². The quantitative estimate of drug-likeness (QED) is 0.762. The van der Waals surface area contributed by atoms with E-state index in [1.165, 1.54) is 0 Å². The maximum absolute atomic E-state index is 12.1. The van der Waals surface area contributed by atoms with Crippen molar-refractivity contribution in [2.45, 2.75) is 4.90 Å². The summed E-state index contributed by atoms with van der Waals surface area (Å²) in [7, 11) is -3.74. The molecule has 9 heteroatoms. The molecule has 1 N–H and O–H groups in total. The largest absolute Gasteiger partial charge is 0.278 e. The summed E-state index contributed by atoms with van der Waals surface area (Å²) in [5.74, 6) is 0. The van der Waals surface area contributed by atoms with Gasteiger partial charge in [0.25, 0.3) is 10.0 Å². The van der Waals surface area contributed by atoms with Crippen LogP contribution in [-0.2, 0) is 10.0 Å². The number of hydrogen-bond donors (Lipinski definition) is 1. The molecule has 0 atom stereocenters. The first kappa shape index (κ1) is 14.7. The molecule has 100 valence electrons. The van der Waals surface area contributed by atoms with Gasteiger partial charge in [-0.1, -0.05) is 15.9 Å². The molecule has 0 aliphatic heterocycles. The Labute approximate surface area is 131 Å². The number of rotatable bonds is 3. The Morgan fingerprint density at radius 3 is 2.37 bits per heavy atom. The normalized spacial score (nSPS) is 11.3. The SMILES string of the molecule is O=S(=O)(Nc1ccc(Br)cc1Br)c1cnc(Cl)nc1. The third-order valence-electron chi connectivity index (χ3n) is 2.08. The Morgan fingerprint density at radius 2 is 1.79 bits per heavy atom. The molecule has 5 nitrogen and oxygen atoms in total. The zero-order valence-corrected chi connectivity index (χ0v) is 13.9. The molecule has 0 unspecified atom stereocenters. The molecule has 0 radical (unpaired) electrons. The van der Waals surface area contributed by atoms with Crippen molar-refractivity contribution in [1.29, 1.82) is 0 Å². The Hall–Kier alpha value is -0.700. The van der Waals surface area contributed by atoms with E-state index in [4.69, 9.17) is 11.6 Å². The van der Waals surface area contributed by atoms with Gasteiger partial charge in [0.2, 0.25) is 5.28 Å².